The largest absolute Gasteiger partial charge is 0.337 e. The third kappa shape index (κ3) is 2.09. The SMILES string of the molecule is CCCNC(=O)n1c(=O)cc[nH]c1=O. The third-order valence-electron chi connectivity index (χ3n) is 1.59. The summed E-state index contributed by atoms with van der Waals surface area (Å²) in [5.74, 6) is 0. The normalized spacial score (nSPS) is 9.79. The number of hydrogen-bond acceptors (Lipinski definition) is 3. The number of nitrogens with zero attached hydrogens (tertiary/aromatic N) is 1. The average Bonchev–Trinajstić information content (AvgIpc) is 2.14. The lowest BCUT2D eigenvalue weighted by Gasteiger charge is -2.03. The zero-order chi connectivity index (χ0) is 10.6. The van der Waals surface area contributed by atoms with Crippen LogP contribution in [-0.2, 0) is 0 Å². The van der Waals surface area contributed by atoms with E-state index in [0.29, 0.717) is 11.1 Å². The van der Waals surface area contributed by atoms with Crippen molar-refractivity contribution in [2.24, 2.45) is 0 Å². The Morgan fingerprint density at radius 2 is 2.29 bits per heavy atom. The van der Waals surface area contributed by atoms with Gasteiger partial charge in [-0.25, -0.2) is 9.59 Å². The van der Waals surface area contributed by atoms with Gasteiger partial charge >= 0.3 is 11.7 Å². The van der Waals surface area contributed by atoms with E-state index in [1.165, 1.54) is 6.20 Å². The van der Waals surface area contributed by atoms with Crippen molar-refractivity contribution in [3.05, 3.63) is 33.1 Å². The van der Waals surface area contributed by atoms with Crippen LogP contribution in [0, 0.1) is 0 Å². The molecule has 0 aliphatic rings. The van der Waals surface area contributed by atoms with Crippen LogP contribution in [0.15, 0.2) is 21.9 Å². The molecule has 6 nitrogen and oxygen atoms in total. The predicted molar refractivity (Wildman–Crippen MR) is 50.4 cm³/mol. The number of hydrogen-bond donors (Lipinski definition) is 2. The Balaban J connectivity index is 3.01. The molecule has 0 aliphatic heterocycles. The van der Waals surface area contributed by atoms with E-state index in [4.69, 9.17) is 0 Å². The van der Waals surface area contributed by atoms with Gasteiger partial charge in [-0.2, -0.15) is 4.57 Å². The van der Waals surface area contributed by atoms with Crippen LogP contribution in [0.2, 0.25) is 0 Å². The van der Waals surface area contributed by atoms with Gasteiger partial charge in [0, 0.05) is 18.8 Å². The number of aromatic amines is 1. The Kier molecular flexibility index (Phi) is 3.22. The van der Waals surface area contributed by atoms with Crippen molar-refractivity contribution in [3.8, 4) is 0 Å². The Morgan fingerprint density at radius 3 is 2.86 bits per heavy atom. The molecule has 6 heteroatoms. The molecule has 1 heterocycles. The number of H-pyrrole nitrogens is 1. The quantitative estimate of drug-likeness (QED) is 0.670. The number of aromatic nitrogens is 2. The molecular weight excluding hydrogens is 186 g/mol. The van der Waals surface area contributed by atoms with E-state index in [1.807, 2.05) is 6.92 Å². The summed E-state index contributed by atoms with van der Waals surface area (Å²) in [4.78, 5) is 35.7. The monoisotopic (exact) mass is 197 g/mol. The smallest absolute Gasteiger partial charge is 0.336 e. The molecule has 0 spiro atoms. The Labute approximate surface area is 79.6 Å². The lowest BCUT2D eigenvalue weighted by atomic mass is 10.5. The molecule has 1 aromatic rings. The number of carbonyl (C=O) groups is 1. The lowest BCUT2D eigenvalue weighted by molar-refractivity contribution is 0.240. The minimum Gasteiger partial charge on any atom is -0.337 e. The van der Waals surface area contributed by atoms with Gasteiger partial charge in [-0.3, -0.25) is 4.79 Å². The van der Waals surface area contributed by atoms with Gasteiger partial charge in [0.2, 0.25) is 0 Å². The molecule has 1 rings (SSSR count). The second-order valence-electron chi connectivity index (χ2n) is 2.69. The highest BCUT2D eigenvalue weighted by Crippen LogP contribution is 1.74. The fourth-order valence-corrected chi connectivity index (χ4v) is 0.927. The molecule has 0 atom stereocenters. The van der Waals surface area contributed by atoms with E-state index in [1.54, 1.807) is 0 Å². The topological polar surface area (TPSA) is 84.0 Å². The van der Waals surface area contributed by atoms with Crippen molar-refractivity contribution in [2.75, 3.05) is 6.54 Å². The Morgan fingerprint density at radius 1 is 1.57 bits per heavy atom. The zero-order valence-electron chi connectivity index (χ0n) is 7.74. The van der Waals surface area contributed by atoms with Crippen molar-refractivity contribution in [1.29, 1.82) is 0 Å². The van der Waals surface area contributed by atoms with Crippen molar-refractivity contribution < 1.29 is 4.79 Å². The molecule has 0 unspecified atom stereocenters. The first-order valence-corrected chi connectivity index (χ1v) is 4.25. The van der Waals surface area contributed by atoms with Gasteiger partial charge in [-0.15, -0.1) is 0 Å². The Bertz CT molecular complexity index is 404. The number of nitrogens with one attached hydrogen (secondary N) is 2. The van der Waals surface area contributed by atoms with E-state index in [2.05, 4.69) is 10.3 Å². The summed E-state index contributed by atoms with van der Waals surface area (Å²) in [5.41, 5.74) is -1.37. The highest BCUT2D eigenvalue weighted by molar-refractivity contribution is 5.76. The molecule has 0 saturated heterocycles. The van der Waals surface area contributed by atoms with Gasteiger partial charge in [0.15, 0.2) is 0 Å². The predicted octanol–water partition coefficient (Wildman–Crippen LogP) is -0.496. The van der Waals surface area contributed by atoms with Crippen LogP contribution < -0.4 is 16.6 Å². The fraction of sp³-hybridized carbons (Fsp3) is 0.375. The first-order chi connectivity index (χ1) is 6.66. The molecule has 76 valence electrons. The molecule has 0 bridgehead atoms. The number of carbonyl (C=O) groups excluding carboxylic acids is 1. The second-order valence-corrected chi connectivity index (χ2v) is 2.69. The molecule has 0 fully saturated rings. The van der Waals surface area contributed by atoms with E-state index >= 15 is 0 Å². The summed E-state index contributed by atoms with van der Waals surface area (Å²) in [6, 6.07) is 0.422. The van der Waals surface area contributed by atoms with Gasteiger partial charge in [-0.1, -0.05) is 6.92 Å². The van der Waals surface area contributed by atoms with E-state index in [-0.39, 0.29) is 0 Å². The maximum absolute atomic E-state index is 11.3. The minimum absolute atomic E-state index is 0.430. The maximum Gasteiger partial charge on any atom is 0.336 e. The number of amides is 1. The highest BCUT2D eigenvalue weighted by atomic mass is 16.2. The van der Waals surface area contributed by atoms with Crippen LogP contribution in [0.4, 0.5) is 4.79 Å². The highest BCUT2D eigenvalue weighted by Gasteiger charge is 2.08. The summed E-state index contributed by atoms with van der Waals surface area (Å²) in [6.07, 6.45) is 1.94. The van der Waals surface area contributed by atoms with Gasteiger partial charge in [0.05, 0.1) is 0 Å². The van der Waals surface area contributed by atoms with Crippen LogP contribution in [0.5, 0.6) is 0 Å². The molecule has 1 aromatic heterocycles. The van der Waals surface area contributed by atoms with E-state index in [9.17, 15) is 14.4 Å². The van der Waals surface area contributed by atoms with Crippen molar-refractivity contribution in [3.63, 3.8) is 0 Å². The zero-order valence-corrected chi connectivity index (χ0v) is 7.74. The molecule has 1 amide bonds. The van der Waals surface area contributed by atoms with Crippen molar-refractivity contribution >= 4 is 6.03 Å². The summed E-state index contributed by atoms with van der Waals surface area (Å²) < 4.78 is 0.523. The third-order valence-corrected chi connectivity index (χ3v) is 1.59. The number of rotatable bonds is 2. The van der Waals surface area contributed by atoms with Crippen molar-refractivity contribution in [2.45, 2.75) is 13.3 Å². The fourth-order valence-electron chi connectivity index (χ4n) is 0.927. The van der Waals surface area contributed by atoms with E-state index in [0.717, 1.165) is 12.5 Å². The molecule has 14 heavy (non-hydrogen) atoms. The molecule has 0 saturated carbocycles. The van der Waals surface area contributed by atoms with Gasteiger partial charge in [-0.05, 0) is 6.42 Å². The van der Waals surface area contributed by atoms with Crippen LogP contribution in [0.25, 0.3) is 0 Å². The molecule has 0 aliphatic carbocycles. The van der Waals surface area contributed by atoms with E-state index < -0.39 is 17.3 Å². The standard InChI is InChI=1S/C8H11N3O3/c1-2-4-9-7(13)11-6(12)3-5-10-8(11)14/h3,5H,2,4H2,1H3,(H,9,13)(H,10,14). The summed E-state index contributed by atoms with van der Waals surface area (Å²) in [6.45, 7) is 2.30. The van der Waals surface area contributed by atoms with Gasteiger partial charge < -0.3 is 10.3 Å². The molecule has 0 radical (unpaired) electrons. The molecule has 2 N–H and O–H groups in total. The Hall–Kier alpha value is -1.85. The lowest BCUT2D eigenvalue weighted by Crippen LogP contribution is -2.44. The summed E-state index contributed by atoms with van der Waals surface area (Å²) in [7, 11) is 0. The maximum atomic E-state index is 11.3. The van der Waals surface area contributed by atoms with Crippen molar-refractivity contribution in [1.82, 2.24) is 14.9 Å². The summed E-state index contributed by atoms with van der Waals surface area (Å²) in [5, 5.41) is 2.43. The summed E-state index contributed by atoms with van der Waals surface area (Å²) >= 11 is 0. The van der Waals surface area contributed by atoms with Gasteiger partial charge in [0.1, 0.15) is 0 Å². The first-order valence-electron chi connectivity index (χ1n) is 4.25. The van der Waals surface area contributed by atoms with Crippen LogP contribution >= 0.6 is 0 Å². The second kappa shape index (κ2) is 4.40. The molecular formula is C8H11N3O3. The van der Waals surface area contributed by atoms with Crippen LogP contribution in [-0.4, -0.2) is 22.1 Å². The minimum atomic E-state index is -0.730. The van der Waals surface area contributed by atoms with Gasteiger partial charge in [0.25, 0.3) is 5.56 Å². The first kappa shape index (κ1) is 10.2. The molecule has 0 aromatic carbocycles. The average molecular weight is 197 g/mol. The van der Waals surface area contributed by atoms with Crippen LogP contribution in [0.3, 0.4) is 0 Å². The van der Waals surface area contributed by atoms with Crippen LogP contribution in [0.1, 0.15) is 13.3 Å².